The predicted octanol–water partition coefficient (Wildman–Crippen LogP) is 5.23. The van der Waals surface area contributed by atoms with Gasteiger partial charge in [-0.1, -0.05) is 23.2 Å². The fourth-order valence-electron chi connectivity index (χ4n) is 5.85. The summed E-state index contributed by atoms with van der Waals surface area (Å²) in [5.41, 5.74) is 2.39. The average Bonchev–Trinajstić information content (AvgIpc) is 3.52. The van der Waals surface area contributed by atoms with E-state index in [1.165, 1.54) is 34.4 Å². The van der Waals surface area contributed by atoms with Gasteiger partial charge < -0.3 is 14.7 Å². The lowest BCUT2D eigenvalue weighted by atomic mass is 9.86. The van der Waals surface area contributed by atoms with Crippen LogP contribution in [0.4, 0.5) is 0 Å². The van der Waals surface area contributed by atoms with Crippen LogP contribution in [0.5, 0.6) is 0 Å². The first-order valence-electron chi connectivity index (χ1n) is 13.2. The van der Waals surface area contributed by atoms with Crippen molar-refractivity contribution in [3.63, 3.8) is 0 Å². The van der Waals surface area contributed by atoms with E-state index in [-0.39, 0.29) is 23.8 Å². The van der Waals surface area contributed by atoms with Crippen molar-refractivity contribution in [2.75, 3.05) is 19.8 Å². The molecule has 1 fully saturated rings. The number of carboxylic acid groups (broad SMARTS) is 1. The Morgan fingerprint density at radius 2 is 1.48 bits per heavy atom. The third-order valence-electron chi connectivity index (χ3n) is 7.95. The molecule has 4 aromatic rings. The molecule has 210 valence electrons. The maximum absolute atomic E-state index is 12.9. The molecule has 0 saturated carbocycles. The molecule has 0 spiro atoms. The summed E-state index contributed by atoms with van der Waals surface area (Å²) in [6.45, 7) is 4.03. The molecular formula is C27H27Cl2N5O4S2. The fourth-order valence-corrected chi connectivity index (χ4v) is 8.99. The van der Waals surface area contributed by atoms with Gasteiger partial charge in [0.15, 0.2) is 0 Å². The number of hydrogen-bond acceptors (Lipinski definition) is 9. The molecule has 1 amide bonds. The number of thiophene rings is 2. The van der Waals surface area contributed by atoms with E-state index in [1.54, 1.807) is 11.3 Å². The smallest absolute Gasteiger partial charge is 0.306 e. The third-order valence-corrected chi connectivity index (χ3v) is 10.8. The zero-order valence-corrected chi connectivity index (χ0v) is 24.9. The molecule has 4 aromatic heterocycles. The summed E-state index contributed by atoms with van der Waals surface area (Å²) in [6, 6.07) is 0.167. The summed E-state index contributed by atoms with van der Waals surface area (Å²) < 4.78 is 5.44. The summed E-state index contributed by atoms with van der Waals surface area (Å²) in [4.78, 5) is 46.6. The number of aliphatic carboxylic acids is 1. The summed E-state index contributed by atoms with van der Waals surface area (Å²) in [6.07, 6.45) is 7.48. The van der Waals surface area contributed by atoms with Crippen molar-refractivity contribution in [1.29, 1.82) is 0 Å². The second-order valence-electron chi connectivity index (χ2n) is 10.4. The van der Waals surface area contributed by atoms with E-state index in [4.69, 9.17) is 33.0 Å². The minimum atomic E-state index is -0.717. The van der Waals surface area contributed by atoms with Crippen LogP contribution in [-0.4, -0.2) is 67.6 Å². The van der Waals surface area contributed by atoms with Gasteiger partial charge >= 0.3 is 5.97 Å². The first kappa shape index (κ1) is 27.7. The van der Waals surface area contributed by atoms with Crippen LogP contribution in [0.3, 0.4) is 0 Å². The number of fused-ring (bicyclic) bond motifs is 6. The van der Waals surface area contributed by atoms with Gasteiger partial charge in [0.25, 0.3) is 0 Å². The molecule has 0 radical (unpaired) electrons. The van der Waals surface area contributed by atoms with E-state index < -0.39 is 5.97 Å². The lowest BCUT2D eigenvalue weighted by Crippen LogP contribution is -2.50. The van der Waals surface area contributed by atoms with Crippen molar-refractivity contribution in [2.45, 2.75) is 51.5 Å². The standard InChI is InChI=1S/C16H18ClN3O2S.C11H9ClN2O2S/c1-9-7-22-5-4-20(9)16(21)10-2-3-11-12(6-10)23-15-13(11)14(17)18-8-19-15;12-9-8-6-2-1-5(11(15)16)3-7(6)17-10(8)14-4-13-9/h8-10H,2-7H2,1H3;4-5H,1-3H2,(H,15,16)/t9-,10+;5-/m10/s1. The zero-order valence-electron chi connectivity index (χ0n) is 21.7. The molecule has 0 bridgehead atoms. The van der Waals surface area contributed by atoms with Crippen molar-refractivity contribution in [2.24, 2.45) is 11.8 Å². The van der Waals surface area contributed by atoms with Gasteiger partial charge in [-0.05, 0) is 56.6 Å². The Bertz CT molecular complexity index is 1610. The van der Waals surface area contributed by atoms with E-state index in [0.29, 0.717) is 42.9 Å². The summed E-state index contributed by atoms with van der Waals surface area (Å²) in [5.74, 6) is -0.670. The molecule has 1 N–H and O–H groups in total. The van der Waals surface area contributed by atoms with Crippen molar-refractivity contribution in [3.8, 4) is 0 Å². The van der Waals surface area contributed by atoms with Gasteiger partial charge in [-0.15, -0.1) is 22.7 Å². The maximum atomic E-state index is 12.9. The summed E-state index contributed by atoms with van der Waals surface area (Å²) >= 11 is 15.5. The average molecular weight is 621 g/mol. The molecule has 40 heavy (non-hydrogen) atoms. The van der Waals surface area contributed by atoms with Crippen LogP contribution < -0.4 is 0 Å². The number of aromatic nitrogens is 4. The number of rotatable bonds is 2. The summed E-state index contributed by atoms with van der Waals surface area (Å²) in [5, 5.41) is 11.9. The highest BCUT2D eigenvalue weighted by molar-refractivity contribution is 7.19. The van der Waals surface area contributed by atoms with E-state index in [9.17, 15) is 9.59 Å². The number of ether oxygens (including phenoxy) is 1. The maximum Gasteiger partial charge on any atom is 0.306 e. The van der Waals surface area contributed by atoms with E-state index in [2.05, 4.69) is 26.9 Å². The first-order chi connectivity index (χ1) is 19.3. The molecule has 0 unspecified atom stereocenters. The van der Waals surface area contributed by atoms with Crippen molar-refractivity contribution < 1.29 is 19.4 Å². The Hall–Kier alpha value is -2.44. The molecule has 0 aromatic carbocycles. The van der Waals surface area contributed by atoms with Crippen molar-refractivity contribution in [1.82, 2.24) is 24.8 Å². The Kier molecular flexibility index (Phi) is 7.93. The number of carbonyl (C=O) groups is 2. The minimum absolute atomic E-state index is 0.0582. The van der Waals surface area contributed by atoms with Gasteiger partial charge in [0.2, 0.25) is 5.91 Å². The first-order valence-corrected chi connectivity index (χ1v) is 15.6. The quantitative estimate of drug-likeness (QED) is 0.303. The largest absolute Gasteiger partial charge is 0.481 e. The molecule has 5 heterocycles. The third kappa shape index (κ3) is 5.18. The van der Waals surface area contributed by atoms with E-state index >= 15 is 0 Å². The number of carboxylic acids is 1. The normalized spacial score (nSPS) is 22.4. The molecule has 3 atom stereocenters. The van der Waals surface area contributed by atoms with Crippen LogP contribution in [-0.2, 0) is 40.0 Å². The van der Waals surface area contributed by atoms with Crippen molar-refractivity contribution >= 4 is 78.2 Å². The molecular weight excluding hydrogens is 593 g/mol. The fraction of sp³-hybridized carbons (Fsp3) is 0.481. The molecule has 13 heteroatoms. The van der Waals surface area contributed by atoms with Crippen LogP contribution in [0.2, 0.25) is 10.3 Å². The Morgan fingerprint density at radius 3 is 2.02 bits per heavy atom. The number of halogens is 2. The number of morpholine rings is 1. The highest BCUT2D eigenvalue weighted by Gasteiger charge is 2.34. The van der Waals surface area contributed by atoms with Gasteiger partial charge in [0, 0.05) is 22.2 Å². The second-order valence-corrected chi connectivity index (χ2v) is 13.3. The highest BCUT2D eigenvalue weighted by atomic mass is 35.5. The van der Waals surface area contributed by atoms with E-state index in [1.807, 2.05) is 4.90 Å². The minimum Gasteiger partial charge on any atom is -0.481 e. The van der Waals surface area contributed by atoms with E-state index in [0.717, 1.165) is 56.6 Å². The monoisotopic (exact) mass is 619 g/mol. The zero-order chi connectivity index (χ0) is 28.0. The molecule has 9 nitrogen and oxygen atoms in total. The number of amides is 1. The molecule has 1 saturated heterocycles. The molecule has 1 aliphatic heterocycles. The second kappa shape index (κ2) is 11.4. The topological polar surface area (TPSA) is 118 Å². The van der Waals surface area contributed by atoms with Crippen LogP contribution in [0.25, 0.3) is 20.4 Å². The number of nitrogens with zero attached hydrogens (tertiary/aromatic N) is 5. The van der Waals surface area contributed by atoms with Crippen LogP contribution in [0.1, 0.15) is 40.6 Å². The highest BCUT2D eigenvalue weighted by Crippen LogP contribution is 2.41. The lowest BCUT2D eigenvalue weighted by molar-refractivity contribution is -0.144. The molecule has 2 aliphatic carbocycles. The molecule has 7 rings (SSSR count). The predicted molar refractivity (Wildman–Crippen MR) is 156 cm³/mol. The number of carbonyl (C=O) groups excluding carboxylic acids is 1. The lowest BCUT2D eigenvalue weighted by Gasteiger charge is -2.36. The molecule has 3 aliphatic rings. The van der Waals surface area contributed by atoms with Crippen LogP contribution in [0, 0.1) is 11.8 Å². The van der Waals surface area contributed by atoms with Crippen LogP contribution >= 0.6 is 45.9 Å². The van der Waals surface area contributed by atoms with Gasteiger partial charge in [-0.2, -0.15) is 0 Å². The van der Waals surface area contributed by atoms with Gasteiger partial charge in [0.05, 0.1) is 35.9 Å². The SMILES string of the molecule is C[C@@H]1COCCN1C(=O)[C@H]1CCc2c(sc3ncnc(Cl)c23)C1.O=C(O)[C@H]1CCc2c(sc3ncnc(Cl)c23)C1. The Labute approximate surface area is 248 Å². The number of aryl methyl sites for hydroxylation is 2. The van der Waals surface area contributed by atoms with Crippen LogP contribution in [0.15, 0.2) is 12.7 Å². The Balaban J connectivity index is 0.000000151. The van der Waals surface area contributed by atoms with Gasteiger partial charge in [-0.3, -0.25) is 9.59 Å². The van der Waals surface area contributed by atoms with Gasteiger partial charge in [-0.25, -0.2) is 19.9 Å². The van der Waals surface area contributed by atoms with Gasteiger partial charge in [0.1, 0.15) is 32.6 Å². The number of hydrogen-bond donors (Lipinski definition) is 1. The summed E-state index contributed by atoms with van der Waals surface area (Å²) in [7, 11) is 0. The van der Waals surface area contributed by atoms with Crippen molar-refractivity contribution in [3.05, 3.63) is 43.8 Å². The Morgan fingerprint density at radius 1 is 0.925 bits per heavy atom.